The zero-order chi connectivity index (χ0) is 14.7. The van der Waals surface area contributed by atoms with Gasteiger partial charge in [-0.05, 0) is 43.7 Å². The summed E-state index contributed by atoms with van der Waals surface area (Å²) in [6, 6.07) is 9.28. The largest absolute Gasteiger partial charge is 0.454 e. The van der Waals surface area contributed by atoms with Gasteiger partial charge in [0.25, 0.3) is 5.56 Å². The van der Waals surface area contributed by atoms with Crippen LogP contribution in [0.3, 0.4) is 0 Å². The van der Waals surface area contributed by atoms with Gasteiger partial charge in [-0.2, -0.15) is 5.10 Å². The second kappa shape index (κ2) is 5.97. The van der Waals surface area contributed by atoms with E-state index in [0.717, 1.165) is 30.2 Å². The van der Waals surface area contributed by atoms with Gasteiger partial charge in [0.1, 0.15) is 0 Å². The number of fused-ring (bicyclic) bond motifs is 1. The van der Waals surface area contributed by atoms with Crippen LogP contribution in [-0.2, 0) is 6.42 Å². The van der Waals surface area contributed by atoms with Gasteiger partial charge in [-0.3, -0.25) is 4.79 Å². The van der Waals surface area contributed by atoms with E-state index in [0.29, 0.717) is 6.79 Å². The third kappa shape index (κ3) is 3.22. The number of rotatable bonds is 5. The molecule has 6 heteroatoms. The van der Waals surface area contributed by atoms with E-state index in [1.165, 1.54) is 11.6 Å². The van der Waals surface area contributed by atoms with Crippen molar-refractivity contribution in [1.29, 1.82) is 0 Å². The second-order valence-electron chi connectivity index (χ2n) is 4.96. The molecular weight excluding hydrogens is 270 g/mol. The Morgan fingerprint density at radius 2 is 2.14 bits per heavy atom. The summed E-state index contributed by atoms with van der Waals surface area (Å²) in [7, 11) is 0. The molecule has 2 heterocycles. The molecule has 1 atom stereocenters. The Kier molecular flexibility index (Phi) is 3.87. The van der Waals surface area contributed by atoms with Gasteiger partial charge in [0.2, 0.25) is 6.79 Å². The molecule has 1 aromatic heterocycles. The Labute approximate surface area is 122 Å². The van der Waals surface area contributed by atoms with Gasteiger partial charge in [0.15, 0.2) is 11.5 Å². The molecule has 1 aliphatic heterocycles. The van der Waals surface area contributed by atoms with E-state index in [2.05, 4.69) is 15.5 Å². The summed E-state index contributed by atoms with van der Waals surface area (Å²) >= 11 is 0. The Bertz CT molecular complexity index is 664. The first-order valence-electron chi connectivity index (χ1n) is 6.90. The van der Waals surface area contributed by atoms with Gasteiger partial charge in [-0.15, -0.1) is 0 Å². The highest BCUT2D eigenvalue weighted by Crippen LogP contribution is 2.32. The summed E-state index contributed by atoms with van der Waals surface area (Å²) < 4.78 is 10.6. The van der Waals surface area contributed by atoms with Crippen molar-refractivity contribution in [2.45, 2.75) is 19.4 Å². The Morgan fingerprint density at radius 3 is 2.95 bits per heavy atom. The smallest absolute Gasteiger partial charge is 0.264 e. The molecule has 6 nitrogen and oxygen atoms in total. The van der Waals surface area contributed by atoms with Crippen LogP contribution in [-0.4, -0.2) is 23.5 Å². The average molecular weight is 287 g/mol. The summed E-state index contributed by atoms with van der Waals surface area (Å²) in [5.41, 5.74) is 1.82. The van der Waals surface area contributed by atoms with Crippen LogP contribution in [0.15, 0.2) is 35.1 Å². The normalized spacial score (nSPS) is 14.1. The lowest BCUT2D eigenvalue weighted by Crippen LogP contribution is -2.23. The van der Waals surface area contributed by atoms with Crippen LogP contribution in [0.2, 0.25) is 0 Å². The van der Waals surface area contributed by atoms with E-state index in [1.54, 1.807) is 6.07 Å². The van der Waals surface area contributed by atoms with E-state index < -0.39 is 0 Å². The Hall–Kier alpha value is -2.34. The first-order valence-corrected chi connectivity index (χ1v) is 6.90. The minimum atomic E-state index is -0.189. The van der Waals surface area contributed by atoms with Crippen molar-refractivity contribution >= 4 is 0 Å². The topological polar surface area (TPSA) is 76.2 Å². The fourth-order valence-corrected chi connectivity index (χ4v) is 2.23. The molecule has 0 saturated heterocycles. The second-order valence-corrected chi connectivity index (χ2v) is 4.96. The third-order valence-electron chi connectivity index (χ3n) is 3.45. The number of hydrogen-bond donors (Lipinski definition) is 2. The maximum atomic E-state index is 11.0. The maximum absolute atomic E-state index is 11.0. The van der Waals surface area contributed by atoms with Crippen LogP contribution in [0.25, 0.3) is 0 Å². The Balaban J connectivity index is 1.53. The number of aromatic amines is 1. The van der Waals surface area contributed by atoms with Crippen molar-refractivity contribution < 1.29 is 9.47 Å². The van der Waals surface area contributed by atoms with E-state index in [-0.39, 0.29) is 11.6 Å². The first kappa shape index (κ1) is 13.6. The van der Waals surface area contributed by atoms with Crippen LogP contribution in [0, 0.1) is 0 Å². The molecule has 0 aliphatic carbocycles. The van der Waals surface area contributed by atoms with Gasteiger partial charge >= 0.3 is 0 Å². The predicted molar refractivity (Wildman–Crippen MR) is 77.5 cm³/mol. The van der Waals surface area contributed by atoms with Crippen molar-refractivity contribution in [1.82, 2.24) is 15.5 Å². The minimum absolute atomic E-state index is 0.0795. The molecule has 0 spiro atoms. The number of ether oxygens (including phenoxy) is 2. The molecule has 2 N–H and O–H groups in total. The molecule has 1 unspecified atom stereocenters. The quantitative estimate of drug-likeness (QED) is 0.869. The number of aromatic nitrogens is 2. The van der Waals surface area contributed by atoms with Crippen LogP contribution in [0.1, 0.15) is 24.2 Å². The average Bonchev–Trinajstić information content (AvgIpc) is 2.95. The standard InChI is InChI=1S/C15H17N3O3/c1-10(12-3-5-15(19)18-17-12)16-7-6-11-2-4-13-14(8-11)21-9-20-13/h2-5,8,10,16H,6-7,9H2,1H3,(H,18,19). The minimum Gasteiger partial charge on any atom is -0.454 e. The fraction of sp³-hybridized carbons (Fsp3) is 0.333. The first-order chi connectivity index (χ1) is 10.2. The number of H-pyrrole nitrogens is 1. The molecule has 2 aromatic rings. The molecule has 0 radical (unpaired) electrons. The zero-order valence-corrected chi connectivity index (χ0v) is 11.8. The Morgan fingerprint density at radius 1 is 1.29 bits per heavy atom. The molecule has 21 heavy (non-hydrogen) atoms. The van der Waals surface area contributed by atoms with Gasteiger partial charge in [-0.1, -0.05) is 6.07 Å². The SMILES string of the molecule is CC(NCCc1ccc2c(c1)OCO2)c1ccc(=O)[nH]n1. The fourth-order valence-electron chi connectivity index (χ4n) is 2.23. The van der Waals surface area contributed by atoms with Gasteiger partial charge in [0.05, 0.1) is 5.69 Å². The highest BCUT2D eigenvalue weighted by atomic mass is 16.7. The van der Waals surface area contributed by atoms with Crippen molar-refractivity contribution in [3.05, 3.63) is 51.9 Å². The highest BCUT2D eigenvalue weighted by molar-refractivity contribution is 5.44. The van der Waals surface area contributed by atoms with Gasteiger partial charge < -0.3 is 14.8 Å². The van der Waals surface area contributed by atoms with E-state index in [4.69, 9.17) is 9.47 Å². The molecule has 110 valence electrons. The van der Waals surface area contributed by atoms with E-state index in [1.807, 2.05) is 25.1 Å². The van der Waals surface area contributed by atoms with Crippen LogP contribution in [0.5, 0.6) is 11.5 Å². The molecule has 1 aromatic carbocycles. The summed E-state index contributed by atoms with van der Waals surface area (Å²) in [6.45, 7) is 3.12. The lowest BCUT2D eigenvalue weighted by atomic mass is 10.1. The molecule has 3 rings (SSSR count). The van der Waals surface area contributed by atoms with Gasteiger partial charge in [0, 0.05) is 12.1 Å². The molecule has 0 bridgehead atoms. The monoisotopic (exact) mass is 287 g/mol. The summed E-state index contributed by atoms with van der Waals surface area (Å²) in [5, 5.41) is 9.83. The van der Waals surface area contributed by atoms with Crippen molar-refractivity contribution in [3.8, 4) is 11.5 Å². The van der Waals surface area contributed by atoms with Crippen LogP contribution in [0.4, 0.5) is 0 Å². The lowest BCUT2D eigenvalue weighted by Gasteiger charge is -2.12. The number of benzene rings is 1. The molecular formula is C15H17N3O3. The lowest BCUT2D eigenvalue weighted by molar-refractivity contribution is 0.174. The summed E-state index contributed by atoms with van der Waals surface area (Å²) in [5.74, 6) is 1.61. The van der Waals surface area contributed by atoms with Crippen LogP contribution < -0.4 is 20.3 Å². The van der Waals surface area contributed by atoms with Crippen molar-refractivity contribution in [2.24, 2.45) is 0 Å². The number of hydrogen-bond acceptors (Lipinski definition) is 5. The zero-order valence-electron chi connectivity index (χ0n) is 11.8. The molecule has 0 amide bonds. The van der Waals surface area contributed by atoms with E-state index in [9.17, 15) is 4.79 Å². The van der Waals surface area contributed by atoms with Crippen molar-refractivity contribution in [2.75, 3.05) is 13.3 Å². The molecule has 0 fully saturated rings. The van der Waals surface area contributed by atoms with Crippen LogP contribution >= 0.6 is 0 Å². The number of nitrogens with one attached hydrogen (secondary N) is 2. The highest BCUT2D eigenvalue weighted by Gasteiger charge is 2.13. The molecule has 1 aliphatic rings. The molecule has 0 saturated carbocycles. The maximum Gasteiger partial charge on any atom is 0.264 e. The van der Waals surface area contributed by atoms with Crippen molar-refractivity contribution in [3.63, 3.8) is 0 Å². The third-order valence-corrected chi connectivity index (χ3v) is 3.45. The number of nitrogens with zero attached hydrogens (tertiary/aromatic N) is 1. The summed E-state index contributed by atoms with van der Waals surface area (Å²) in [6.07, 6.45) is 0.879. The van der Waals surface area contributed by atoms with E-state index >= 15 is 0 Å². The van der Waals surface area contributed by atoms with Gasteiger partial charge in [-0.25, -0.2) is 5.10 Å². The summed E-state index contributed by atoms with van der Waals surface area (Å²) in [4.78, 5) is 11.0. The predicted octanol–water partition coefficient (Wildman–Crippen LogP) is 1.39.